The summed E-state index contributed by atoms with van der Waals surface area (Å²) in [5.41, 5.74) is 1.41. The molecule has 1 aromatic carbocycles. The first-order valence-corrected chi connectivity index (χ1v) is 9.28. The number of amides is 2. The molecule has 3 aliphatic heterocycles. The fourth-order valence-corrected chi connectivity index (χ4v) is 5.12. The van der Waals surface area contributed by atoms with Crippen LogP contribution in [0.4, 0.5) is 0 Å². The van der Waals surface area contributed by atoms with E-state index in [0.29, 0.717) is 49.1 Å². The zero-order valence-corrected chi connectivity index (χ0v) is 15.0. The summed E-state index contributed by atoms with van der Waals surface area (Å²) in [5, 5.41) is -0.141. The molecule has 0 bridgehead atoms. The number of fused-ring (bicyclic) bond motifs is 3. The lowest BCUT2D eigenvalue weighted by molar-refractivity contribution is -0.139. The van der Waals surface area contributed by atoms with E-state index in [2.05, 4.69) is 0 Å². The van der Waals surface area contributed by atoms with E-state index in [1.165, 1.54) is 7.11 Å². The highest BCUT2D eigenvalue weighted by Crippen LogP contribution is 2.52. The van der Waals surface area contributed by atoms with Gasteiger partial charge in [0, 0.05) is 24.4 Å². The van der Waals surface area contributed by atoms with E-state index < -0.39 is 6.04 Å². The zero-order valence-electron chi connectivity index (χ0n) is 14.2. The van der Waals surface area contributed by atoms with E-state index in [-0.39, 0.29) is 17.2 Å². The number of carbonyl (C=O) groups is 2. The molecule has 0 N–H and O–H groups in total. The Bertz CT molecular complexity index is 719. The van der Waals surface area contributed by atoms with Crippen LogP contribution in [0.5, 0.6) is 11.5 Å². The van der Waals surface area contributed by atoms with Crippen molar-refractivity contribution in [3.05, 3.63) is 23.3 Å². The molecule has 25 heavy (non-hydrogen) atoms. The predicted octanol–water partition coefficient (Wildman–Crippen LogP) is 1.13. The minimum Gasteiger partial charge on any atom is -0.493 e. The quantitative estimate of drug-likeness (QED) is 0.801. The van der Waals surface area contributed by atoms with Gasteiger partial charge in [-0.15, -0.1) is 11.8 Å². The largest absolute Gasteiger partial charge is 0.493 e. The second-order valence-electron chi connectivity index (χ2n) is 6.12. The fourth-order valence-electron chi connectivity index (χ4n) is 3.68. The van der Waals surface area contributed by atoms with Gasteiger partial charge in [-0.2, -0.15) is 0 Å². The fraction of sp³-hybridized carbons (Fsp3) is 0.529. The van der Waals surface area contributed by atoms with Gasteiger partial charge in [0.25, 0.3) is 5.91 Å². The number of thioether (sulfide) groups is 1. The van der Waals surface area contributed by atoms with Gasteiger partial charge in [0.05, 0.1) is 33.0 Å². The highest BCUT2D eigenvalue weighted by molar-refractivity contribution is 7.99. The van der Waals surface area contributed by atoms with Crippen LogP contribution in [-0.2, 0) is 9.53 Å². The number of rotatable bonds is 3. The number of nitrogens with zero attached hydrogens (tertiary/aromatic N) is 2. The van der Waals surface area contributed by atoms with E-state index in [1.807, 2.05) is 12.1 Å². The molecule has 2 fully saturated rings. The molecule has 3 heterocycles. The Morgan fingerprint density at radius 1 is 1.24 bits per heavy atom. The Labute approximate surface area is 150 Å². The zero-order chi connectivity index (χ0) is 17.6. The number of hydrogen-bond acceptors (Lipinski definition) is 6. The van der Waals surface area contributed by atoms with Crippen LogP contribution in [-0.4, -0.2) is 73.9 Å². The number of ether oxygens (including phenoxy) is 3. The maximum Gasteiger partial charge on any atom is 0.260 e. The lowest BCUT2D eigenvalue weighted by atomic mass is 10.1. The van der Waals surface area contributed by atoms with E-state index in [1.54, 1.807) is 28.7 Å². The monoisotopic (exact) mass is 364 g/mol. The second-order valence-corrected chi connectivity index (χ2v) is 7.23. The lowest BCUT2D eigenvalue weighted by Gasteiger charge is -2.32. The third-order valence-electron chi connectivity index (χ3n) is 4.90. The highest BCUT2D eigenvalue weighted by atomic mass is 32.2. The molecule has 1 unspecified atom stereocenters. The Balaban J connectivity index is 1.66. The van der Waals surface area contributed by atoms with Crippen LogP contribution in [0.25, 0.3) is 0 Å². The maximum absolute atomic E-state index is 13.1. The standard InChI is InChI=1S/C17H20N2O5S/c1-22-12-4-3-10-13(14(12)23-2)16(21)19-11(9-25-17(10)19)15(20)18-5-7-24-8-6-18/h3-4,11,17H,5-9H2,1-2H3/t11-,17?/m0/s1. The van der Waals surface area contributed by atoms with Crippen LogP contribution in [0.15, 0.2) is 12.1 Å². The van der Waals surface area contributed by atoms with E-state index >= 15 is 0 Å². The molecule has 2 atom stereocenters. The van der Waals surface area contributed by atoms with E-state index in [9.17, 15) is 9.59 Å². The molecule has 2 amide bonds. The number of benzene rings is 1. The number of morpholine rings is 1. The molecular weight excluding hydrogens is 344 g/mol. The lowest BCUT2D eigenvalue weighted by Crippen LogP contribution is -2.51. The van der Waals surface area contributed by atoms with Crippen molar-refractivity contribution in [2.45, 2.75) is 11.4 Å². The molecule has 8 heteroatoms. The van der Waals surface area contributed by atoms with Gasteiger partial charge in [0.15, 0.2) is 11.5 Å². The predicted molar refractivity (Wildman–Crippen MR) is 92.1 cm³/mol. The van der Waals surface area contributed by atoms with Gasteiger partial charge >= 0.3 is 0 Å². The van der Waals surface area contributed by atoms with Gasteiger partial charge in [-0.1, -0.05) is 6.07 Å². The molecule has 0 radical (unpaired) electrons. The number of methoxy groups -OCH3 is 2. The molecular formula is C17H20N2O5S. The molecule has 4 rings (SSSR count). The number of hydrogen-bond donors (Lipinski definition) is 0. The molecule has 0 aromatic heterocycles. The van der Waals surface area contributed by atoms with Crippen LogP contribution in [0.3, 0.4) is 0 Å². The van der Waals surface area contributed by atoms with Crippen LogP contribution >= 0.6 is 11.8 Å². The average molecular weight is 364 g/mol. The highest BCUT2D eigenvalue weighted by Gasteiger charge is 2.51. The van der Waals surface area contributed by atoms with Crippen LogP contribution < -0.4 is 9.47 Å². The van der Waals surface area contributed by atoms with E-state index in [4.69, 9.17) is 14.2 Å². The Hall–Kier alpha value is -1.93. The summed E-state index contributed by atoms with van der Waals surface area (Å²) in [5.74, 6) is 1.42. The minimum absolute atomic E-state index is 0.00499. The van der Waals surface area contributed by atoms with Gasteiger partial charge in [0.2, 0.25) is 5.91 Å². The van der Waals surface area contributed by atoms with Gasteiger partial charge in [0.1, 0.15) is 11.4 Å². The van der Waals surface area contributed by atoms with Gasteiger partial charge in [-0.25, -0.2) is 0 Å². The van der Waals surface area contributed by atoms with Crippen molar-refractivity contribution in [3.8, 4) is 11.5 Å². The first kappa shape index (κ1) is 16.5. The Kier molecular flexibility index (Phi) is 4.24. The summed E-state index contributed by atoms with van der Waals surface area (Å²) in [4.78, 5) is 29.5. The number of carbonyl (C=O) groups excluding carboxylic acids is 2. The average Bonchev–Trinajstić information content (AvgIpc) is 3.21. The first-order chi connectivity index (χ1) is 12.2. The van der Waals surface area contributed by atoms with Gasteiger partial charge < -0.3 is 24.0 Å². The van der Waals surface area contributed by atoms with Gasteiger partial charge in [-0.05, 0) is 6.07 Å². The Morgan fingerprint density at radius 2 is 2.00 bits per heavy atom. The summed E-state index contributed by atoms with van der Waals surface area (Å²) < 4.78 is 16.1. The first-order valence-electron chi connectivity index (χ1n) is 8.23. The second kappa shape index (κ2) is 6.42. The van der Waals surface area contributed by atoms with Crippen molar-refractivity contribution in [2.75, 3.05) is 46.3 Å². The van der Waals surface area contributed by atoms with Gasteiger partial charge in [-0.3, -0.25) is 9.59 Å². The third kappa shape index (κ3) is 2.46. The molecule has 0 saturated carbocycles. The van der Waals surface area contributed by atoms with Crippen molar-refractivity contribution in [1.29, 1.82) is 0 Å². The van der Waals surface area contributed by atoms with Crippen molar-refractivity contribution in [2.24, 2.45) is 0 Å². The summed E-state index contributed by atoms with van der Waals surface area (Å²) in [7, 11) is 3.07. The molecule has 0 spiro atoms. The summed E-state index contributed by atoms with van der Waals surface area (Å²) in [6, 6.07) is 3.27. The summed E-state index contributed by atoms with van der Waals surface area (Å²) in [6.07, 6.45) is 0. The molecule has 0 aliphatic carbocycles. The molecule has 7 nitrogen and oxygen atoms in total. The van der Waals surface area contributed by atoms with Crippen LogP contribution in [0, 0.1) is 0 Å². The molecule has 3 aliphatic rings. The van der Waals surface area contributed by atoms with E-state index in [0.717, 1.165) is 5.56 Å². The Morgan fingerprint density at radius 3 is 2.68 bits per heavy atom. The molecule has 1 aromatic rings. The van der Waals surface area contributed by atoms with Crippen LogP contribution in [0.1, 0.15) is 21.3 Å². The minimum atomic E-state index is -0.441. The third-order valence-corrected chi connectivity index (χ3v) is 6.21. The van der Waals surface area contributed by atoms with Crippen molar-refractivity contribution in [1.82, 2.24) is 9.80 Å². The summed E-state index contributed by atoms with van der Waals surface area (Å²) in [6.45, 7) is 2.26. The summed E-state index contributed by atoms with van der Waals surface area (Å²) >= 11 is 1.62. The van der Waals surface area contributed by atoms with Crippen molar-refractivity contribution in [3.63, 3.8) is 0 Å². The normalized spacial score (nSPS) is 25.0. The van der Waals surface area contributed by atoms with Crippen LogP contribution in [0.2, 0.25) is 0 Å². The maximum atomic E-state index is 13.1. The SMILES string of the molecule is COc1ccc2c(c1OC)C(=O)N1C2SC[C@H]1C(=O)N1CCOCC1. The smallest absolute Gasteiger partial charge is 0.260 e. The van der Waals surface area contributed by atoms with Crippen molar-refractivity contribution < 1.29 is 23.8 Å². The molecule has 2 saturated heterocycles. The molecule has 134 valence electrons. The topological polar surface area (TPSA) is 68.3 Å². The van der Waals surface area contributed by atoms with Crippen molar-refractivity contribution >= 4 is 23.6 Å².